The molecule has 1 aliphatic rings. The van der Waals surface area contributed by atoms with Crippen LogP contribution in [0.15, 0.2) is 54.9 Å². The largest absolute Gasteiger partial charge is 0.369 e. The van der Waals surface area contributed by atoms with Crippen LogP contribution in [0.2, 0.25) is 0 Å². The number of carbonyl (C=O) groups is 1. The molecule has 3 aromatic rings. The highest BCUT2D eigenvalue weighted by Crippen LogP contribution is 2.23. The minimum Gasteiger partial charge on any atom is -0.369 e. The first kappa shape index (κ1) is 19.1. The van der Waals surface area contributed by atoms with E-state index in [1.165, 1.54) is 12.1 Å². The van der Waals surface area contributed by atoms with Crippen molar-refractivity contribution in [2.75, 3.05) is 43.4 Å². The van der Waals surface area contributed by atoms with Crippen molar-refractivity contribution in [1.82, 2.24) is 14.7 Å². The van der Waals surface area contributed by atoms with Crippen LogP contribution in [0.5, 0.6) is 0 Å². The van der Waals surface area contributed by atoms with E-state index in [1.54, 1.807) is 30.2 Å². The fraction of sp³-hybridized carbons (Fsp3) is 0.273. The van der Waals surface area contributed by atoms with Crippen LogP contribution < -0.4 is 10.2 Å². The molecular formula is C22H24FN5O. The van der Waals surface area contributed by atoms with Crippen molar-refractivity contribution in [3.05, 3.63) is 66.2 Å². The lowest BCUT2D eigenvalue weighted by atomic mass is 10.1. The van der Waals surface area contributed by atoms with E-state index in [-0.39, 0.29) is 11.5 Å². The molecule has 0 atom stereocenters. The highest BCUT2D eigenvalue weighted by atomic mass is 19.1. The third-order valence-corrected chi connectivity index (χ3v) is 5.19. The summed E-state index contributed by atoms with van der Waals surface area (Å²) in [5, 5.41) is 6.96. The first-order valence-corrected chi connectivity index (χ1v) is 9.62. The van der Waals surface area contributed by atoms with Crippen LogP contribution in [-0.2, 0) is 7.05 Å². The van der Waals surface area contributed by atoms with E-state index in [1.807, 2.05) is 24.3 Å². The predicted octanol–water partition coefficient (Wildman–Crippen LogP) is 3.23. The molecule has 7 heteroatoms. The summed E-state index contributed by atoms with van der Waals surface area (Å²) in [5.41, 5.74) is 3.47. The molecule has 1 fully saturated rings. The highest BCUT2D eigenvalue weighted by Gasteiger charge is 2.15. The average Bonchev–Trinajstić information content (AvgIpc) is 3.15. The second-order valence-corrected chi connectivity index (χ2v) is 7.42. The smallest absolute Gasteiger partial charge is 0.255 e. The monoisotopic (exact) mass is 393 g/mol. The van der Waals surface area contributed by atoms with Crippen LogP contribution in [-0.4, -0.2) is 53.8 Å². The summed E-state index contributed by atoms with van der Waals surface area (Å²) < 4.78 is 15.7. The Morgan fingerprint density at radius 2 is 1.72 bits per heavy atom. The lowest BCUT2D eigenvalue weighted by Gasteiger charge is -2.34. The second kappa shape index (κ2) is 8.05. The van der Waals surface area contributed by atoms with Gasteiger partial charge in [0.15, 0.2) is 0 Å². The zero-order valence-corrected chi connectivity index (χ0v) is 16.6. The van der Waals surface area contributed by atoms with Crippen molar-refractivity contribution in [2.24, 2.45) is 7.05 Å². The number of amides is 1. The van der Waals surface area contributed by atoms with E-state index in [9.17, 15) is 9.18 Å². The summed E-state index contributed by atoms with van der Waals surface area (Å²) in [7, 11) is 3.92. The lowest BCUT2D eigenvalue weighted by Crippen LogP contribution is -2.44. The Morgan fingerprint density at radius 1 is 1.00 bits per heavy atom. The third kappa shape index (κ3) is 4.46. The van der Waals surface area contributed by atoms with Gasteiger partial charge in [-0.15, -0.1) is 0 Å². The Morgan fingerprint density at radius 3 is 2.38 bits per heavy atom. The highest BCUT2D eigenvalue weighted by molar-refractivity contribution is 6.05. The van der Waals surface area contributed by atoms with Crippen LogP contribution in [0, 0.1) is 5.82 Å². The molecule has 1 amide bonds. The Labute approximate surface area is 169 Å². The molecule has 0 spiro atoms. The SMILES string of the molecule is CN1CCN(c2ccc(NC(=O)c3cc(F)cc(-c4cnn(C)c4)c3)cc2)CC1. The molecule has 1 aromatic heterocycles. The number of hydrogen-bond donors (Lipinski definition) is 1. The lowest BCUT2D eigenvalue weighted by molar-refractivity contribution is 0.102. The van der Waals surface area contributed by atoms with Gasteiger partial charge in [0.1, 0.15) is 5.82 Å². The van der Waals surface area contributed by atoms with E-state index in [0.29, 0.717) is 11.3 Å². The fourth-order valence-corrected chi connectivity index (χ4v) is 3.48. The van der Waals surface area contributed by atoms with Crippen molar-refractivity contribution >= 4 is 17.3 Å². The third-order valence-electron chi connectivity index (χ3n) is 5.19. The number of carbonyl (C=O) groups excluding carboxylic acids is 1. The van der Waals surface area contributed by atoms with E-state index >= 15 is 0 Å². The van der Waals surface area contributed by atoms with Crippen molar-refractivity contribution in [3.8, 4) is 11.1 Å². The number of halogens is 1. The first-order chi connectivity index (χ1) is 14.0. The number of benzene rings is 2. The predicted molar refractivity (Wildman–Crippen MR) is 113 cm³/mol. The molecule has 0 saturated carbocycles. The van der Waals surface area contributed by atoms with E-state index < -0.39 is 5.82 Å². The summed E-state index contributed by atoms with van der Waals surface area (Å²) >= 11 is 0. The van der Waals surface area contributed by atoms with Crippen molar-refractivity contribution in [1.29, 1.82) is 0 Å². The molecule has 29 heavy (non-hydrogen) atoms. The minimum absolute atomic E-state index is 0.270. The van der Waals surface area contributed by atoms with Gasteiger partial charge >= 0.3 is 0 Å². The van der Waals surface area contributed by atoms with E-state index in [0.717, 1.165) is 37.4 Å². The zero-order valence-electron chi connectivity index (χ0n) is 16.6. The number of hydrogen-bond acceptors (Lipinski definition) is 4. The van der Waals surface area contributed by atoms with Gasteiger partial charge in [-0.2, -0.15) is 5.10 Å². The number of aryl methyl sites for hydroxylation is 1. The maximum Gasteiger partial charge on any atom is 0.255 e. The van der Waals surface area contributed by atoms with Gasteiger partial charge in [0.2, 0.25) is 0 Å². The molecule has 2 aromatic carbocycles. The maximum absolute atomic E-state index is 14.1. The van der Waals surface area contributed by atoms with E-state index in [2.05, 4.69) is 27.3 Å². The van der Waals surface area contributed by atoms with Gasteiger partial charge < -0.3 is 15.1 Å². The van der Waals surface area contributed by atoms with Gasteiger partial charge in [-0.1, -0.05) is 0 Å². The molecular weight excluding hydrogens is 369 g/mol. The van der Waals surface area contributed by atoms with Gasteiger partial charge in [0.25, 0.3) is 5.91 Å². The van der Waals surface area contributed by atoms with Crippen molar-refractivity contribution in [3.63, 3.8) is 0 Å². The van der Waals surface area contributed by atoms with Gasteiger partial charge in [0, 0.05) is 61.9 Å². The number of aromatic nitrogens is 2. The summed E-state index contributed by atoms with van der Waals surface area (Å²) in [6.45, 7) is 4.06. The van der Waals surface area contributed by atoms with Gasteiger partial charge in [-0.25, -0.2) is 4.39 Å². The molecule has 1 saturated heterocycles. The average molecular weight is 393 g/mol. The van der Waals surface area contributed by atoms with Crippen LogP contribution >= 0.6 is 0 Å². The fourth-order valence-electron chi connectivity index (χ4n) is 3.48. The quantitative estimate of drug-likeness (QED) is 0.740. The Kier molecular flexibility index (Phi) is 5.31. The minimum atomic E-state index is -0.457. The summed E-state index contributed by atoms with van der Waals surface area (Å²) in [6.07, 6.45) is 3.43. The molecule has 4 rings (SSSR count). The molecule has 0 aliphatic carbocycles. The molecule has 2 heterocycles. The van der Waals surface area contributed by atoms with Crippen LogP contribution in [0.4, 0.5) is 15.8 Å². The van der Waals surface area contributed by atoms with Gasteiger partial charge in [0.05, 0.1) is 6.20 Å². The number of nitrogens with zero attached hydrogens (tertiary/aromatic N) is 4. The zero-order chi connectivity index (χ0) is 20.4. The summed E-state index contributed by atoms with van der Waals surface area (Å²) in [5.74, 6) is -0.802. The molecule has 1 aliphatic heterocycles. The number of likely N-dealkylation sites (N-methyl/N-ethyl adjacent to an activating group) is 1. The topological polar surface area (TPSA) is 53.4 Å². The summed E-state index contributed by atoms with van der Waals surface area (Å²) in [6, 6.07) is 12.1. The Balaban J connectivity index is 1.47. The Bertz CT molecular complexity index is 1010. The maximum atomic E-state index is 14.1. The molecule has 0 unspecified atom stereocenters. The number of anilines is 2. The molecule has 0 radical (unpaired) electrons. The molecule has 6 nitrogen and oxygen atoms in total. The number of rotatable bonds is 4. The normalized spacial score (nSPS) is 14.8. The number of piperazine rings is 1. The van der Waals surface area contributed by atoms with E-state index in [4.69, 9.17) is 0 Å². The van der Waals surface area contributed by atoms with Gasteiger partial charge in [-0.3, -0.25) is 9.48 Å². The van der Waals surface area contributed by atoms with Crippen molar-refractivity contribution < 1.29 is 9.18 Å². The van der Waals surface area contributed by atoms with Crippen molar-refractivity contribution in [2.45, 2.75) is 0 Å². The molecule has 0 bridgehead atoms. The second-order valence-electron chi connectivity index (χ2n) is 7.42. The summed E-state index contributed by atoms with van der Waals surface area (Å²) in [4.78, 5) is 17.3. The van der Waals surface area contributed by atoms with Crippen LogP contribution in [0.25, 0.3) is 11.1 Å². The van der Waals surface area contributed by atoms with Crippen LogP contribution in [0.3, 0.4) is 0 Å². The van der Waals surface area contributed by atoms with Crippen LogP contribution in [0.1, 0.15) is 10.4 Å². The first-order valence-electron chi connectivity index (χ1n) is 9.62. The molecule has 150 valence electrons. The molecule has 1 N–H and O–H groups in total. The number of nitrogens with one attached hydrogen (secondary N) is 1. The standard InChI is InChI=1S/C22H24FN5O/c1-26-7-9-28(10-8-26)21-5-3-20(4-6-21)25-22(29)17-11-16(12-19(23)13-17)18-14-24-27(2)15-18/h3-6,11-15H,7-10H2,1-2H3,(H,25,29). The van der Waals surface area contributed by atoms with Gasteiger partial charge in [-0.05, 0) is 55.1 Å². The Hall–Kier alpha value is -3.19.